The largest absolute Gasteiger partial charge is 0.496 e. The number of aromatic nitrogens is 2. The molecular weight excluding hydrogens is 522 g/mol. The number of carbonyl (C=O) groups is 1. The van der Waals surface area contributed by atoms with E-state index < -0.39 is 23.3 Å². The van der Waals surface area contributed by atoms with Gasteiger partial charge in [0.25, 0.3) is 5.91 Å². The lowest BCUT2D eigenvalue weighted by Gasteiger charge is -2.15. The van der Waals surface area contributed by atoms with Crippen molar-refractivity contribution >= 4 is 34.1 Å². The van der Waals surface area contributed by atoms with Crippen LogP contribution in [0.2, 0.25) is 5.15 Å². The number of amides is 1. The lowest BCUT2D eigenvalue weighted by molar-refractivity contribution is 0.102. The number of likely N-dealkylation sites (N-methyl/N-ethyl adjacent to an activating group) is 1. The normalized spacial score (nSPS) is 10.8. The second-order valence-electron chi connectivity index (χ2n) is 7.81. The van der Waals surface area contributed by atoms with Crippen molar-refractivity contribution in [3.63, 3.8) is 0 Å². The first-order valence-electron chi connectivity index (χ1n) is 11.3. The van der Waals surface area contributed by atoms with Gasteiger partial charge in [-0.05, 0) is 19.2 Å². The minimum Gasteiger partial charge on any atom is -0.496 e. The number of hydrogen-bond donors (Lipinski definition) is 2. The van der Waals surface area contributed by atoms with Crippen LogP contribution < -0.4 is 29.6 Å². The molecule has 0 aliphatic rings. The van der Waals surface area contributed by atoms with Gasteiger partial charge in [-0.25, -0.2) is 13.8 Å². The Morgan fingerprint density at radius 1 is 0.974 bits per heavy atom. The Balaban J connectivity index is 1.61. The summed E-state index contributed by atoms with van der Waals surface area (Å²) in [7, 11) is 4.63. The van der Waals surface area contributed by atoms with E-state index in [0.717, 1.165) is 12.1 Å². The number of nitrogens with zero attached hydrogens (tertiary/aromatic N) is 2. The average molecular weight is 545 g/mol. The highest BCUT2D eigenvalue weighted by Gasteiger charge is 2.20. The van der Waals surface area contributed by atoms with Crippen molar-refractivity contribution in [1.29, 1.82) is 0 Å². The molecule has 198 valence electrons. The predicted octanol–water partition coefficient (Wildman–Crippen LogP) is 5.22. The molecule has 2 aromatic heterocycles. The van der Waals surface area contributed by atoms with Crippen LogP contribution >= 0.6 is 11.6 Å². The summed E-state index contributed by atoms with van der Waals surface area (Å²) in [5, 5.41) is 5.96. The molecule has 38 heavy (non-hydrogen) atoms. The van der Waals surface area contributed by atoms with E-state index >= 15 is 0 Å². The molecule has 0 atom stereocenters. The molecule has 1 amide bonds. The zero-order valence-electron chi connectivity index (χ0n) is 20.6. The fourth-order valence-electron chi connectivity index (χ4n) is 3.54. The highest BCUT2D eigenvalue weighted by molar-refractivity contribution is 6.29. The highest BCUT2D eigenvalue weighted by Crippen LogP contribution is 2.38. The molecule has 0 aliphatic heterocycles. The number of carbonyl (C=O) groups excluding carboxylic acids is 1. The minimum absolute atomic E-state index is 0.0320. The van der Waals surface area contributed by atoms with Crippen molar-refractivity contribution in [1.82, 2.24) is 15.3 Å². The Labute approximate surface area is 221 Å². The molecule has 4 rings (SSSR count). The lowest BCUT2D eigenvalue weighted by Crippen LogP contribution is -2.16. The number of benzene rings is 2. The number of halogens is 3. The molecule has 0 fully saturated rings. The van der Waals surface area contributed by atoms with Crippen molar-refractivity contribution in [3.8, 4) is 28.7 Å². The van der Waals surface area contributed by atoms with Crippen molar-refractivity contribution in [2.45, 2.75) is 0 Å². The number of anilines is 1. The van der Waals surface area contributed by atoms with Crippen molar-refractivity contribution in [2.75, 3.05) is 39.7 Å². The van der Waals surface area contributed by atoms with Gasteiger partial charge in [0.15, 0.2) is 28.9 Å². The van der Waals surface area contributed by atoms with E-state index in [-0.39, 0.29) is 27.9 Å². The Morgan fingerprint density at radius 3 is 2.39 bits per heavy atom. The van der Waals surface area contributed by atoms with Gasteiger partial charge >= 0.3 is 0 Å². The zero-order valence-corrected chi connectivity index (χ0v) is 21.4. The standard InChI is InChI=1S/C26H23ClF2N4O5/c1-30-6-7-37-23-11-19-15(10-22(23)36-3)20(4-5-31-19)38-25-17(28)8-14(9-18(25)29)33-26(34)16-13-32-24(27)12-21(16)35-2/h4-5,8-13,30H,6-7H2,1-3H3,(H,33,34). The second-order valence-corrected chi connectivity index (χ2v) is 8.20. The molecule has 0 bridgehead atoms. The summed E-state index contributed by atoms with van der Waals surface area (Å²) in [4.78, 5) is 20.8. The Morgan fingerprint density at radius 2 is 1.71 bits per heavy atom. The van der Waals surface area contributed by atoms with Crippen LogP contribution in [0, 0.1) is 11.6 Å². The first-order valence-corrected chi connectivity index (χ1v) is 11.6. The van der Waals surface area contributed by atoms with E-state index in [1.54, 1.807) is 19.2 Å². The van der Waals surface area contributed by atoms with E-state index in [0.29, 0.717) is 35.6 Å². The van der Waals surface area contributed by atoms with Crippen LogP contribution in [0.25, 0.3) is 10.9 Å². The highest BCUT2D eigenvalue weighted by atomic mass is 35.5. The maximum atomic E-state index is 15.0. The molecule has 0 spiro atoms. The van der Waals surface area contributed by atoms with Crippen LogP contribution in [0.1, 0.15) is 10.4 Å². The first-order chi connectivity index (χ1) is 18.3. The molecular formula is C26H23ClF2N4O5. The second kappa shape index (κ2) is 11.9. The van der Waals surface area contributed by atoms with Crippen molar-refractivity contribution in [2.24, 2.45) is 0 Å². The van der Waals surface area contributed by atoms with Crippen LogP contribution in [0.15, 0.2) is 48.8 Å². The molecule has 0 radical (unpaired) electrons. The molecule has 12 heteroatoms. The summed E-state index contributed by atoms with van der Waals surface area (Å²) in [6.07, 6.45) is 2.64. The van der Waals surface area contributed by atoms with Crippen LogP contribution in [0.5, 0.6) is 28.7 Å². The van der Waals surface area contributed by atoms with Gasteiger partial charge in [0.05, 0.1) is 19.7 Å². The van der Waals surface area contributed by atoms with Gasteiger partial charge in [-0.1, -0.05) is 11.6 Å². The molecule has 2 heterocycles. The van der Waals surface area contributed by atoms with E-state index in [1.165, 1.54) is 38.7 Å². The van der Waals surface area contributed by atoms with Gasteiger partial charge in [0.2, 0.25) is 0 Å². The van der Waals surface area contributed by atoms with E-state index in [9.17, 15) is 13.6 Å². The molecule has 2 N–H and O–H groups in total. The van der Waals surface area contributed by atoms with Gasteiger partial charge < -0.3 is 29.6 Å². The molecule has 4 aromatic rings. The van der Waals surface area contributed by atoms with Crippen LogP contribution in [0.3, 0.4) is 0 Å². The summed E-state index contributed by atoms with van der Waals surface area (Å²) in [6, 6.07) is 7.96. The van der Waals surface area contributed by atoms with E-state index in [4.69, 9.17) is 30.5 Å². The third kappa shape index (κ3) is 5.84. The quantitative estimate of drug-likeness (QED) is 0.207. The van der Waals surface area contributed by atoms with E-state index in [2.05, 4.69) is 20.6 Å². The number of nitrogens with one attached hydrogen (secondary N) is 2. The summed E-state index contributed by atoms with van der Waals surface area (Å²) >= 11 is 5.82. The average Bonchev–Trinajstić information content (AvgIpc) is 2.90. The number of hydrogen-bond acceptors (Lipinski definition) is 8. The molecule has 0 aliphatic carbocycles. The predicted molar refractivity (Wildman–Crippen MR) is 138 cm³/mol. The summed E-state index contributed by atoms with van der Waals surface area (Å²) in [6.45, 7) is 1.02. The molecule has 9 nitrogen and oxygen atoms in total. The number of pyridine rings is 2. The SMILES string of the molecule is CNCCOc1cc2nccc(Oc3c(F)cc(NC(=O)c4cnc(Cl)cc4OC)cc3F)c2cc1OC. The maximum absolute atomic E-state index is 15.0. The molecule has 0 unspecified atom stereocenters. The number of ether oxygens (including phenoxy) is 4. The van der Waals surface area contributed by atoms with Crippen LogP contribution in [-0.4, -0.2) is 50.3 Å². The van der Waals surface area contributed by atoms with E-state index in [1.807, 2.05) is 0 Å². The van der Waals surface area contributed by atoms with Crippen molar-refractivity contribution < 1.29 is 32.5 Å². The van der Waals surface area contributed by atoms with Gasteiger partial charge in [-0.2, -0.15) is 0 Å². The molecule has 2 aromatic carbocycles. The topological polar surface area (TPSA) is 104 Å². The fourth-order valence-corrected chi connectivity index (χ4v) is 3.69. The van der Waals surface area contributed by atoms with Crippen LogP contribution in [0.4, 0.5) is 14.5 Å². The number of methoxy groups -OCH3 is 2. The lowest BCUT2D eigenvalue weighted by atomic mass is 10.1. The fraction of sp³-hybridized carbons (Fsp3) is 0.192. The third-order valence-electron chi connectivity index (χ3n) is 5.36. The van der Waals surface area contributed by atoms with Gasteiger partial charge in [0, 0.05) is 54.3 Å². The van der Waals surface area contributed by atoms with Gasteiger partial charge in [0.1, 0.15) is 28.8 Å². The Hall–Kier alpha value is -4.22. The van der Waals surface area contributed by atoms with Crippen LogP contribution in [-0.2, 0) is 0 Å². The Bertz CT molecular complexity index is 1460. The molecule has 0 saturated heterocycles. The van der Waals surface area contributed by atoms with Gasteiger partial charge in [-0.15, -0.1) is 0 Å². The summed E-state index contributed by atoms with van der Waals surface area (Å²) in [5.74, 6) is -2.27. The first kappa shape index (κ1) is 26.8. The maximum Gasteiger partial charge on any atom is 0.261 e. The summed E-state index contributed by atoms with van der Waals surface area (Å²) < 4.78 is 51.9. The number of fused-ring (bicyclic) bond motifs is 1. The monoisotopic (exact) mass is 544 g/mol. The number of rotatable bonds is 10. The smallest absolute Gasteiger partial charge is 0.261 e. The summed E-state index contributed by atoms with van der Waals surface area (Å²) in [5.41, 5.74) is 0.362. The third-order valence-corrected chi connectivity index (χ3v) is 5.57. The van der Waals surface area contributed by atoms with Gasteiger partial charge in [-0.3, -0.25) is 9.78 Å². The molecule has 0 saturated carbocycles. The Kier molecular flexibility index (Phi) is 8.39. The van der Waals surface area contributed by atoms with Crippen molar-refractivity contribution in [3.05, 3.63) is 71.1 Å². The zero-order chi connectivity index (χ0) is 27.2. The minimum atomic E-state index is -1.04.